The van der Waals surface area contributed by atoms with Crippen LogP contribution in [0.3, 0.4) is 0 Å². The van der Waals surface area contributed by atoms with E-state index in [1.807, 2.05) is 0 Å². The lowest BCUT2D eigenvalue weighted by molar-refractivity contribution is -0.385. The molecule has 1 aromatic rings. The van der Waals surface area contributed by atoms with Crippen LogP contribution in [0.5, 0.6) is 0 Å². The van der Waals surface area contributed by atoms with E-state index < -0.39 is 21.0 Å². The van der Waals surface area contributed by atoms with Crippen molar-refractivity contribution in [2.45, 2.75) is 44.0 Å². The summed E-state index contributed by atoms with van der Waals surface area (Å²) < 4.78 is 27.3. The quantitative estimate of drug-likeness (QED) is 0.650. The van der Waals surface area contributed by atoms with Crippen molar-refractivity contribution in [1.29, 1.82) is 0 Å². The molecule has 9 heteroatoms. The van der Waals surface area contributed by atoms with Gasteiger partial charge in [-0.2, -0.15) is 4.31 Å². The van der Waals surface area contributed by atoms with Gasteiger partial charge in [-0.1, -0.05) is 6.42 Å². The van der Waals surface area contributed by atoms with E-state index in [9.17, 15) is 23.3 Å². The Bertz CT molecular complexity index is 776. The number of rotatable bonds is 4. The molecule has 0 spiro atoms. The summed E-state index contributed by atoms with van der Waals surface area (Å²) in [6.07, 6.45) is 1.85. The van der Waals surface area contributed by atoms with Gasteiger partial charge in [-0.25, -0.2) is 8.42 Å². The number of piperidine rings is 1. The molecule has 2 rings (SSSR count). The molecule has 132 valence electrons. The highest BCUT2D eigenvalue weighted by molar-refractivity contribution is 7.89. The second-order valence-corrected chi connectivity index (χ2v) is 7.74. The minimum absolute atomic E-state index is 0.106. The van der Waals surface area contributed by atoms with Gasteiger partial charge in [-0.15, -0.1) is 0 Å². The predicted octanol–water partition coefficient (Wildman–Crippen LogP) is 1.50. The minimum atomic E-state index is -4.01. The van der Waals surface area contributed by atoms with Crippen LogP contribution in [0.4, 0.5) is 5.69 Å². The molecule has 0 aromatic heterocycles. The Morgan fingerprint density at radius 3 is 2.58 bits per heavy atom. The van der Waals surface area contributed by atoms with Crippen molar-refractivity contribution >= 4 is 21.6 Å². The first-order valence-corrected chi connectivity index (χ1v) is 9.13. The molecule has 0 aliphatic carbocycles. The van der Waals surface area contributed by atoms with Crippen LogP contribution < -0.4 is 5.32 Å². The van der Waals surface area contributed by atoms with Crippen LogP contribution in [0.25, 0.3) is 0 Å². The molecule has 1 aromatic carbocycles. The smallest absolute Gasteiger partial charge is 0.271 e. The molecule has 1 fully saturated rings. The van der Waals surface area contributed by atoms with E-state index in [4.69, 9.17) is 0 Å². The second kappa shape index (κ2) is 6.86. The first kappa shape index (κ1) is 18.3. The minimum Gasteiger partial charge on any atom is -0.358 e. The fraction of sp³-hybridized carbons (Fsp3) is 0.533. The highest BCUT2D eigenvalue weighted by Crippen LogP contribution is 2.31. The van der Waals surface area contributed by atoms with E-state index in [1.165, 1.54) is 17.4 Å². The van der Waals surface area contributed by atoms with Crippen molar-refractivity contribution < 1.29 is 18.1 Å². The van der Waals surface area contributed by atoms with E-state index in [0.717, 1.165) is 12.5 Å². The fourth-order valence-corrected chi connectivity index (χ4v) is 4.91. The summed E-state index contributed by atoms with van der Waals surface area (Å²) in [5.74, 6) is -0.363. The number of carbonyl (C=O) groups is 1. The predicted molar refractivity (Wildman–Crippen MR) is 88.2 cm³/mol. The maximum Gasteiger partial charge on any atom is 0.271 e. The van der Waals surface area contributed by atoms with Crippen LogP contribution in [0, 0.1) is 24.0 Å². The molecule has 0 bridgehead atoms. The largest absolute Gasteiger partial charge is 0.358 e. The topological polar surface area (TPSA) is 110 Å². The van der Waals surface area contributed by atoms with Crippen molar-refractivity contribution in [3.63, 3.8) is 0 Å². The molecule has 1 atom stereocenters. The molecule has 1 amide bonds. The zero-order valence-corrected chi connectivity index (χ0v) is 14.7. The summed E-state index contributed by atoms with van der Waals surface area (Å²) in [6, 6.07) is 1.64. The molecular formula is C15H21N3O5S. The zero-order chi connectivity index (χ0) is 18.1. The standard InChI is InChI=1S/C15H21N3O5S/c1-10-8-12(18(20)21)9-14(11(10)2)24(22,23)17-7-5-4-6-13(17)15(19)16-3/h8-9,13H,4-7H2,1-3H3,(H,16,19)/t13-/m0/s1. The number of sulfonamides is 1. The average Bonchev–Trinajstić information content (AvgIpc) is 2.56. The Labute approximate surface area is 141 Å². The van der Waals surface area contributed by atoms with Crippen LogP contribution in [0.15, 0.2) is 17.0 Å². The lowest BCUT2D eigenvalue weighted by Gasteiger charge is -2.33. The molecule has 1 heterocycles. The number of nitro groups is 1. The van der Waals surface area contributed by atoms with Crippen molar-refractivity contribution in [3.8, 4) is 0 Å². The molecule has 8 nitrogen and oxygen atoms in total. The third kappa shape index (κ3) is 3.27. The molecule has 0 saturated carbocycles. The van der Waals surface area contributed by atoms with Crippen molar-refractivity contribution in [2.24, 2.45) is 0 Å². The number of hydrogen-bond donors (Lipinski definition) is 1. The number of carbonyl (C=O) groups excluding carboxylic acids is 1. The third-order valence-electron chi connectivity index (χ3n) is 4.40. The molecule has 1 aliphatic heterocycles. The van der Waals surface area contributed by atoms with Crippen molar-refractivity contribution in [2.75, 3.05) is 13.6 Å². The lowest BCUT2D eigenvalue weighted by atomic mass is 10.0. The van der Waals surface area contributed by atoms with Crippen LogP contribution in [0.1, 0.15) is 30.4 Å². The molecule has 1 N–H and O–H groups in total. The maximum atomic E-state index is 13.1. The van der Waals surface area contributed by atoms with Crippen molar-refractivity contribution in [1.82, 2.24) is 9.62 Å². The Morgan fingerprint density at radius 2 is 2.00 bits per heavy atom. The summed E-state index contributed by atoms with van der Waals surface area (Å²) in [5.41, 5.74) is 0.711. The monoisotopic (exact) mass is 355 g/mol. The highest BCUT2D eigenvalue weighted by Gasteiger charge is 2.38. The van der Waals surface area contributed by atoms with Crippen LogP contribution in [0.2, 0.25) is 0 Å². The van der Waals surface area contributed by atoms with Gasteiger partial charge >= 0.3 is 0 Å². The van der Waals surface area contributed by atoms with Gasteiger partial charge in [0, 0.05) is 25.7 Å². The van der Waals surface area contributed by atoms with E-state index in [-0.39, 0.29) is 23.0 Å². The number of hydrogen-bond acceptors (Lipinski definition) is 5. The molecule has 1 saturated heterocycles. The Morgan fingerprint density at radius 1 is 1.33 bits per heavy atom. The number of amides is 1. The highest BCUT2D eigenvalue weighted by atomic mass is 32.2. The van der Waals surface area contributed by atoms with Gasteiger partial charge in [0.25, 0.3) is 5.69 Å². The number of nitrogens with one attached hydrogen (secondary N) is 1. The first-order chi connectivity index (χ1) is 11.2. The van der Waals surface area contributed by atoms with Gasteiger partial charge in [-0.3, -0.25) is 14.9 Å². The SMILES string of the molecule is CNC(=O)[C@@H]1CCCCN1S(=O)(=O)c1cc([N+](=O)[O-])cc(C)c1C. The van der Waals surface area contributed by atoms with Gasteiger partial charge in [-0.05, 0) is 37.8 Å². The molecule has 0 unspecified atom stereocenters. The number of non-ortho nitro benzene ring substituents is 1. The van der Waals surface area contributed by atoms with Crippen LogP contribution >= 0.6 is 0 Å². The molecular weight excluding hydrogens is 334 g/mol. The number of nitro benzene ring substituents is 1. The van der Waals surface area contributed by atoms with Crippen LogP contribution in [-0.4, -0.2) is 43.2 Å². The van der Waals surface area contributed by atoms with Crippen LogP contribution in [-0.2, 0) is 14.8 Å². The van der Waals surface area contributed by atoms with Gasteiger partial charge in [0.2, 0.25) is 15.9 Å². The summed E-state index contributed by atoms with van der Waals surface area (Å²) in [6.45, 7) is 3.47. The number of nitrogens with zero attached hydrogens (tertiary/aromatic N) is 2. The number of likely N-dealkylation sites (N-methyl/N-ethyl adjacent to an activating group) is 1. The van der Waals surface area contributed by atoms with E-state index >= 15 is 0 Å². The summed E-state index contributed by atoms with van der Waals surface area (Å²) in [4.78, 5) is 22.4. The lowest BCUT2D eigenvalue weighted by Crippen LogP contribution is -2.51. The van der Waals surface area contributed by atoms with Gasteiger partial charge in [0.1, 0.15) is 6.04 Å². The van der Waals surface area contributed by atoms with Crippen molar-refractivity contribution in [3.05, 3.63) is 33.4 Å². The normalized spacial score (nSPS) is 19.0. The average molecular weight is 355 g/mol. The summed E-state index contributed by atoms with van der Waals surface area (Å²) >= 11 is 0. The van der Waals surface area contributed by atoms with Gasteiger partial charge in [0.05, 0.1) is 9.82 Å². The summed E-state index contributed by atoms with van der Waals surface area (Å²) in [5, 5.41) is 13.6. The first-order valence-electron chi connectivity index (χ1n) is 7.69. The van der Waals surface area contributed by atoms with E-state index in [0.29, 0.717) is 24.0 Å². The molecule has 0 radical (unpaired) electrons. The number of aryl methyl sites for hydroxylation is 1. The van der Waals surface area contributed by atoms with Gasteiger partial charge < -0.3 is 5.32 Å². The zero-order valence-electron chi connectivity index (χ0n) is 13.9. The Hall–Kier alpha value is -2.00. The fourth-order valence-electron chi connectivity index (χ4n) is 2.93. The Balaban J connectivity index is 2.57. The van der Waals surface area contributed by atoms with E-state index in [1.54, 1.807) is 13.8 Å². The van der Waals surface area contributed by atoms with E-state index in [2.05, 4.69) is 5.32 Å². The third-order valence-corrected chi connectivity index (χ3v) is 6.44. The molecule has 1 aliphatic rings. The second-order valence-electron chi connectivity index (χ2n) is 5.88. The number of benzene rings is 1. The van der Waals surface area contributed by atoms with Gasteiger partial charge in [0.15, 0.2) is 0 Å². The molecule has 24 heavy (non-hydrogen) atoms. The maximum absolute atomic E-state index is 13.1. The summed E-state index contributed by atoms with van der Waals surface area (Å²) in [7, 11) is -2.54. The Kier molecular flexibility index (Phi) is 5.24.